The highest BCUT2D eigenvalue weighted by molar-refractivity contribution is 6.14. The number of benzene rings is 2. The molecule has 0 spiro atoms. The molecule has 0 aromatic heterocycles. The van der Waals surface area contributed by atoms with E-state index in [1.807, 2.05) is 0 Å². The standard InChI is InChI=1S/C17H11F3O4/c18-17(19,20)24-13-4-1-10(2-5-13)7-11-9-23-15-8-12(21)3-6-14(15)16(11)22/h1-8,21H,9H2/b11-7+. The van der Waals surface area contributed by atoms with E-state index in [4.69, 9.17) is 4.74 Å². The lowest BCUT2D eigenvalue weighted by atomic mass is 9.98. The van der Waals surface area contributed by atoms with Crippen molar-refractivity contribution in [2.45, 2.75) is 6.36 Å². The number of carbonyl (C=O) groups is 1. The molecule has 3 rings (SSSR count). The summed E-state index contributed by atoms with van der Waals surface area (Å²) in [5.74, 6) is -0.302. The van der Waals surface area contributed by atoms with Gasteiger partial charge in [-0.15, -0.1) is 13.2 Å². The zero-order valence-electron chi connectivity index (χ0n) is 12.1. The van der Waals surface area contributed by atoms with E-state index in [0.29, 0.717) is 22.4 Å². The van der Waals surface area contributed by atoms with Crippen LogP contribution in [0.1, 0.15) is 15.9 Å². The second-order valence-electron chi connectivity index (χ2n) is 5.08. The number of Topliss-reactive ketones (excluding diaryl/α,β-unsaturated/α-hetero) is 1. The van der Waals surface area contributed by atoms with E-state index in [9.17, 15) is 23.1 Å². The SMILES string of the molecule is O=C1/C(=C/c2ccc(OC(F)(F)F)cc2)COc2cc(O)ccc21. The summed E-state index contributed by atoms with van der Waals surface area (Å²) < 4.78 is 45.6. The molecule has 24 heavy (non-hydrogen) atoms. The highest BCUT2D eigenvalue weighted by Crippen LogP contribution is 2.31. The zero-order valence-corrected chi connectivity index (χ0v) is 12.1. The van der Waals surface area contributed by atoms with Gasteiger partial charge in [0.05, 0.1) is 5.56 Å². The van der Waals surface area contributed by atoms with Crippen molar-refractivity contribution in [1.29, 1.82) is 0 Å². The summed E-state index contributed by atoms with van der Waals surface area (Å²) in [6.45, 7) is 0.0100. The Kier molecular flexibility index (Phi) is 3.92. The molecule has 0 unspecified atom stereocenters. The lowest BCUT2D eigenvalue weighted by molar-refractivity contribution is -0.274. The molecule has 7 heteroatoms. The van der Waals surface area contributed by atoms with Gasteiger partial charge in [0.2, 0.25) is 0 Å². The number of fused-ring (bicyclic) bond motifs is 1. The van der Waals surface area contributed by atoms with Crippen LogP contribution in [0.4, 0.5) is 13.2 Å². The summed E-state index contributed by atoms with van der Waals surface area (Å²) in [5, 5.41) is 9.38. The highest BCUT2D eigenvalue weighted by atomic mass is 19.4. The number of ketones is 1. The van der Waals surface area contributed by atoms with Crippen molar-refractivity contribution in [2.75, 3.05) is 6.61 Å². The van der Waals surface area contributed by atoms with Crippen LogP contribution in [0.15, 0.2) is 48.0 Å². The van der Waals surface area contributed by atoms with Crippen LogP contribution in [-0.2, 0) is 0 Å². The van der Waals surface area contributed by atoms with Crippen LogP contribution >= 0.6 is 0 Å². The number of carbonyl (C=O) groups excluding carboxylic acids is 1. The van der Waals surface area contributed by atoms with Gasteiger partial charge in [-0.25, -0.2) is 0 Å². The molecular weight excluding hydrogens is 325 g/mol. The molecule has 0 fully saturated rings. The van der Waals surface area contributed by atoms with Crippen molar-refractivity contribution in [1.82, 2.24) is 0 Å². The van der Waals surface area contributed by atoms with Gasteiger partial charge in [0.1, 0.15) is 23.9 Å². The largest absolute Gasteiger partial charge is 0.573 e. The third kappa shape index (κ3) is 3.51. The fraction of sp³-hybridized carbons (Fsp3) is 0.118. The first-order valence-electron chi connectivity index (χ1n) is 6.89. The molecule has 1 N–H and O–H groups in total. The molecule has 4 nitrogen and oxygen atoms in total. The van der Waals surface area contributed by atoms with Crippen molar-refractivity contribution in [3.05, 3.63) is 59.2 Å². The van der Waals surface area contributed by atoms with Gasteiger partial charge in [0.25, 0.3) is 0 Å². The summed E-state index contributed by atoms with van der Waals surface area (Å²) in [6.07, 6.45) is -3.21. The van der Waals surface area contributed by atoms with Crippen molar-refractivity contribution >= 4 is 11.9 Å². The van der Waals surface area contributed by atoms with Crippen molar-refractivity contribution < 1.29 is 32.5 Å². The molecule has 1 aliphatic rings. The number of alkyl halides is 3. The van der Waals surface area contributed by atoms with Crippen LogP contribution < -0.4 is 9.47 Å². The molecule has 0 amide bonds. The minimum absolute atomic E-state index is 0.00534. The monoisotopic (exact) mass is 336 g/mol. The fourth-order valence-electron chi connectivity index (χ4n) is 2.29. The number of phenols is 1. The second-order valence-corrected chi connectivity index (χ2v) is 5.08. The first kappa shape index (κ1) is 15.9. The Bertz CT molecular complexity index is 808. The van der Waals surface area contributed by atoms with E-state index in [1.165, 1.54) is 48.5 Å². The minimum Gasteiger partial charge on any atom is -0.508 e. The smallest absolute Gasteiger partial charge is 0.508 e. The normalized spacial score (nSPS) is 15.8. The molecule has 0 atom stereocenters. The number of hydrogen-bond acceptors (Lipinski definition) is 4. The third-order valence-corrected chi connectivity index (χ3v) is 3.34. The van der Waals surface area contributed by atoms with Crippen LogP contribution in [0.25, 0.3) is 6.08 Å². The van der Waals surface area contributed by atoms with E-state index in [1.54, 1.807) is 0 Å². The Labute approximate surface area is 134 Å². The van der Waals surface area contributed by atoms with Crippen molar-refractivity contribution in [3.63, 3.8) is 0 Å². The van der Waals surface area contributed by atoms with Crippen LogP contribution in [-0.4, -0.2) is 23.9 Å². The van der Waals surface area contributed by atoms with Crippen molar-refractivity contribution in [3.8, 4) is 17.2 Å². The number of hydrogen-bond donors (Lipinski definition) is 1. The van der Waals surface area contributed by atoms with E-state index in [0.717, 1.165) is 0 Å². The van der Waals surface area contributed by atoms with Gasteiger partial charge in [-0.05, 0) is 35.9 Å². The van der Waals surface area contributed by atoms with Crippen LogP contribution in [0.2, 0.25) is 0 Å². The number of halogens is 3. The maximum absolute atomic E-state index is 12.4. The Morgan fingerprint density at radius 3 is 2.50 bits per heavy atom. The Morgan fingerprint density at radius 2 is 1.83 bits per heavy atom. The lowest BCUT2D eigenvalue weighted by Gasteiger charge is -2.19. The van der Waals surface area contributed by atoms with E-state index < -0.39 is 6.36 Å². The number of ether oxygens (including phenoxy) is 2. The molecular formula is C17H11F3O4. The Balaban J connectivity index is 1.82. The summed E-state index contributed by atoms with van der Waals surface area (Å²) in [7, 11) is 0. The summed E-state index contributed by atoms with van der Waals surface area (Å²) in [5.41, 5.74) is 1.22. The number of rotatable bonds is 2. The summed E-state index contributed by atoms with van der Waals surface area (Å²) in [4.78, 5) is 12.4. The minimum atomic E-state index is -4.75. The summed E-state index contributed by atoms with van der Waals surface area (Å²) in [6, 6.07) is 9.35. The maximum Gasteiger partial charge on any atom is 0.573 e. The van der Waals surface area contributed by atoms with E-state index >= 15 is 0 Å². The van der Waals surface area contributed by atoms with E-state index in [2.05, 4.69) is 4.74 Å². The molecule has 0 saturated carbocycles. The number of phenolic OH excluding ortho intramolecular Hbond substituents is 1. The van der Waals surface area contributed by atoms with Gasteiger partial charge in [0.15, 0.2) is 5.78 Å². The molecule has 1 heterocycles. The molecule has 0 aliphatic carbocycles. The van der Waals surface area contributed by atoms with Gasteiger partial charge in [0, 0.05) is 11.6 Å². The quantitative estimate of drug-likeness (QED) is 0.844. The van der Waals surface area contributed by atoms with E-state index in [-0.39, 0.29) is 23.9 Å². The molecule has 0 bridgehead atoms. The van der Waals surface area contributed by atoms with Gasteiger partial charge in [-0.1, -0.05) is 12.1 Å². The predicted molar refractivity (Wildman–Crippen MR) is 79.0 cm³/mol. The molecule has 1 aliphatic heterocycles. The predicted octanol–water partition coefficient (Wildman–Crippen LogP) is 3.95. The van der Waals surface area contributed by atoms with Gasteiger partial charge in [-0.2, -0.15) is 0 Å². The van der Waals surface area contributed by atoms with Crippen LogP contribution in [0, 0.1) is 0 Å². The average Bonchev–Trinajstić information content (AvgIpc) is 2.50. The fourth-order valence-corrected chi connectivity index (χ4v) is 2.29. The first-order valence-corrected chi connectivity index (χ1v) is 6.89. The average molecular weight is 336 g/mol. The highest BCUT2D eigenvalue weighted by Gasteiger charge is 2.31. The molecule has 0 saturated heterocycles. The first-order chi connectivity index (χ1) is 11.3. The lowest BCUT2D eigenvalue weighted by Crippen LogP contribution is -2.19. The van der Waals surface area contributed by atoms with Crippen LogP contribution in [0.5, 0.6) is 17.2 Å². The van der Waals surface area contributed by atoms with Gasteiger partial charge < -0.3 is 14.6 Å². The Morgan fingerprint density at radius 1 is 1.12 bits per heavy atom. The van der Waals surface area contributed by atoms with Crippen molar-refractivity contribution in [2.24, 2.45) is 0 Å². The maximum atomic E-state index is 12.4. The summed E-state index contributed by atoms with van der Waals surface area (Å²) >= 11 is 0. The van der Waals surface area contributed by atoms with Crippen LogP contribution in [0.3, 0.4) is 0 Å². The van der Waals surface area contributed by atoms with Gasteiger partial charge >= 0.3 is 6.36 Å². The molecule has 0 radical (unpaired) electrons. The zero-order chi connectivity index (χ0) is 17.3. The molecule has 2 aromatic rings. The third-order valence-electron chi connectivity index (χ3n) is 3.34. The molecule has 124 valence electrons. The topological polar surface area (TPSA) is 55.8 Å². The second kappa shape index (κ2) is 5.92. The molecule has 2 aromatic carbocycles. The van der Waals surface area contributed by atoms with Gasteiger partial charge in [-0.3, -0.25) is 4.79 Å². The Hall–Kier alpha value is -2.96. The number of aromatic hydroxyl groups is 1.